The number of methoxy groups -OCH3 is 1. The van der Waals surface area contributed by atoms with Crippen LogP contribution in [0, 0.1) is 0 Å². The molecule has 0 aliphatic carbocycles. The summed E-state index contributed by atoms with van der Waals surface area (Å²) in [4.78, 5) is 0. The average Bonchev–Trinajstić information content (AvgIpc) is 2.42. The number of benzene rings is 1. The van der Waals surface area contributed by atoms with E-state index in [1.165, 1.54) is 0 Å². The molecule has 1 unspecified atom stereocenters. The number of nitrogens with two attached hydrogens (primary N) is 1. The van der Waals surface area contributed by atoms with Crippen LogP contribution < -0.4 is 15.2 Å². The van der Waals surface area contributed by atoms with Crippen molar-refractivity contribution in [3.63, 3.8) is 0 Å². The maximum absolute atomic E-state index is 9.73. The molecule has 0 aliphatic rings. The summed E-state index contributed by atoms with van der Waals surface area (Å²) in [5, 5.41) is 9.73. The lowest BCUT2D eigenvalue weighted by atomic mass is 10.2. The summed E-state index contributed by atoms with van der Waals surface area (Å²) in [6, 6.07) is 5.49. The molecule has 0 heterocycles. The van der Waals surface area contributed by atoms with Crippen molar-refractivity contribution in [1.29, 1.82) is 0 Å². The van der Waals surface area contributed by atoms with Gasteiger partial charge in [0, 0.05) is 6.54 Å². The predicted molar refractivity (Wildman–Crippen MR) is 73.5 cm³/mol. The number of hydrogen-bond acceptors (Lipinski definition) is 5. The number of ether oxygens (including phenoxy) is 3. The molecule has 19 heavy (non-hydrogen) atoms. The first-order chi connectivity index (χ1) is 9.06. The minimum Gasteiger partial charge on any atom is -0.493 e. The molecule has 0 aromatic heterocycles. The van der Waals surface area contributed by atoms with Gasteiger partial charge in [0.2, 0.25) is 0 Å². The normalized spacial score (nSPS) is 12.5. The van der Waals surface area contributed by atoms with Crippen LogP contribution >= 0.6 is 0 Å². The monoisotopic (exact) mass is 269 g/mol. The second-order valence-corrected chi connectivity index (χ2v) is 4.54. The van der Waals surface area contributed by atoms with Crippen LogP contribution in [-0.4, -0.2) is 37.6 Å². The highest BCUT2D eigenvalue weighted by Gasteiger charge is 2.10. The molecule has 0 radical (unpaired) electrons. The Balaban J connectivity index is 2.55. The fraction of sp³-hybridized carbons (Fsp3) is 0.571. The van der Waals surface area contributed by atoms with E-state index in [1.807, 2.05) is 26.0 Å². The highest BCUT2D eigenvalue weighted by Crippen LogP contribution is 2.28. The van der Waals surface area contributed by atoms with E-state index in [1.54, 1.807) is 13.2 Å². The van der Waals surface area contributed by atoms with Crippen LogP contribution in [-0.2, 0) is 11.3 Å². The Morgan fingerprint density at radius 1 is 1.21 bits per heavy atom. The van der Waals surface area contributed by atoms with Crippen LogP contribution in [0.25, 0.3) is 0 Å². The molecule has 3 N–H and O–H groups in total. The third-order valence-electron chi connectivity index (χ3n) is 2.52. The summed E-state index contributed by atoms with van der Waals surface area (Å²) < 4.78 is 16.1. The van der Waals surface area contributed by atoms with E-state index in [4.69, 9.17) is 19.9 Å². The van der Waals surface area contributed by atoms with Gasteiger partial charge in [0.05, 0.1) is 19.8 Å². The second-order valence-electron chi connectivity index (χ2n) is 4.54. The van der Waals surface area contributed by atoms with E-state index in [0.717, 1.165) is 5.56 Å². The number of aliphatic hydroxyl groups is 1. The number of rotatable bonds is 8. The highest BCUT2D eigenvalue weighted by atomic mass is 16.5. The Morgan fingerprint density at radius 2 is 1.95 bits per heavy atom. The predicted octanol–water partition coefficient (Wildman–Crippen LogP) is 1.32. The molecule has 0 amide bonds. The van der Waals surface area contributed by atoms with Gasteiger partial charge in [-0.3, -0.25) is 0 Å². The average molecular weight is 269 g/mol. The molecule has 1 aromatic carbocycles. The van der Waals surface area contributed by atoms with Crippen LogP contribution in [0.15, 0.2) is 18.2 Å². The molecule has 0 saturated heterocycles. The minimum absolute atomic E-state index is 0.0877. The Bertz CT molecular complexity index is 382. The highest BCUT2D eigenvalue weighted by molar-refractivity contribution is 5.42. The van der Waals surface area contributed by atoms with Crippen molar-refractivity contribution in [2.75, 3.05) is 20.3 Å². The van der Waals surface area contributed by atoms with Gasteiger partial charge in [-0.1, -0.05) is 6.07 Å². The van der Waals surface area contributed by atoms with Gasteiger partial charge in [0.25, 0.3) is 0 Å². The SMILES string of the molecule is COc1ccc(CN)cc1OCC(O)COC(C)C. The summed E-state index contributed by atoms with van der Waals surface area (Å²) in [6.07, 6.45) is -0.585. The summed E-state index contributed by atoms with van der Waals surface area (Å²) >= 11 is 0. The Labute approximate surface area is 114 Å². The van der Waals surface area contributed by atoms with Gasteiger partial charge >= 0.3 is 0 Å². The molecule has 0 spiro atoms. The lowest BCUT2D eigenvalue weighted by Crippen LogP contribution is -2.25. The van der Waals surface area contributed by atoms with Crippen molar-refractivity contribution in [2.45, 2.75) is 32.6 Å². The van der Waals surface area contributed by atoms with Crippen LogP contribution in [0.1, 0.15) is 19.4 Å². The molecule has 108 valence electrons. The Hall–Kier alpha value is -1.30. The fourth-order valence-corrected chi connectivity index (χ4v) is 1.50. The Morgan fingerprint density at radius 3 is 2.53 bits per heavy atom. The third kappa shape index (κ3) is 5.46. The quantitative estimate of drug-likeness (QED) is 0.744. The molecule has 1 aromatic rings. The summed E-state index contributed by atoms with van der Waals surface area (Å²) in [5.41, 5.74) is 6.53. The van der Waals surface area contributed by atoms with Crippen molar-refractivity contribution in [1.82, 2.24) is 0 Å². The molecule has 0 saturated carbocycles. The molecule has 1 rings (SSSR count). The van der Waals surface area contributed by atoms with Crippen LogP contribution in [0.3, 0.4) is 0 Å². The zero-order chi connectivity index (χ0) is 14.3. The van der Waals surface area contributed by atoms with Crippen molar-refractivity contribution < 1.29 is 19.3 Å². The second kappa shape index (κ2) is 7.99. The molecule has 0 aliphatic heterocycles. The number of aliphatic hydroxyl groups excluding tert-OH is 1. The smallest absolute Gasteiger partial charge is 0.161 e. The minimum atomic E-state index is -0.673. The van der Waals surface area contributed by atoms with E-state index in [9.17, 15) is 5.11 Å². The van der Waals surface area contributed by atoms with Gasteiger partial charge in [-0.25, -0.2) is 0 Å². The molecule has 0 fully saturated rings. The van der Waals surface area contributed by atoms with Crippen molar-refractivity contribution in [3.05, 3.63) is 23.8 Å². The van der Waals surface area contributed by atoms with Gasteiger partial charge in [-0.15, -0.1) is 0 Å². The van der Waals surface area contributed by atoms with Crippen molar-refractivity contribution in [2.24, 2.45) is 5.73 Å². The lowest BCUT2D eigenvalue weighted by Gasteiger charge is -2.16. The van der Waals surface area contributed by atoms with Crippen LogP contribution in [0.5, 0.6) is 11.5 Å². The van der Waals surface area contributed by atoms with Crippen molar-refractivity contribution >= 4 is 0 Å². The fourth-order valence-electron chi connectivity index (χ4n) is 1.50. The van der Waals surface area contributed by atoms with Gasteiger partial charge in [0.15, 0.2) is 11.5 Å². The zero-order valence-corrected chi connectivity index (χ0v) is 11.8. The molecule has 5 heteroatoms. The maximum atomic E-state index is 9.73. The maximum Gasteiger partial charge on any atom is 0.161 e. The Kier molecular flexibility index (Phi) is 6.62. The summed E-state index contributed by atoms with van der Waals surface area (Å²) in [7, 11) is 1.57. The van der Waals surface area contributed by atoms with E-state index < -0.39 is 6.10 Å². The van der Waals surface area contributed by atoms with Crippen LogP contribution in [0.4, 0.5) is 0 Å². The van der Waals surface area contributed by atoms with Gasteiger partial charge in [0.1, 0.15) is 12.7 Å². The topological polar surface area (TPSA) is 73.9 Å². The largest absolute Gasteiger partial charge is 0.493 e. The van der Waals surface area contributed by atoms with Gasteiger partial charge < -0.3 is 25.1 Å². The molecule has 5 nitrogen and oxygen atoms in total. The van der Waals surface area contributed by atoms with Crippen LogP contribution in [0.2, 0.25) is 0 Å². The molecule has 0 bridgehead atoms. The van der Waals surface area contributed by atoms with E-state index >= 15 is 0 Å². The van der Waals surface area contributed by atoms with E-state index in [2.05, 4.69) is 0 Å². The van der Waals surface area contributed by atoms with Gasteiger partial charge in [-0.05, 0) is 31.5 Å². The first kappa shape index (κ1) is 15.8. The third-order valence-corrected chi connectivity index (χ3v) is 2.52. The molecular formula is C14H23NO4. The standard InChI is InChI=1S/C14H23NO4/c1-10(2)18-8-12(16)9-19-14-6-11(7-15)4-5-13(14)17-3/h4-6,10,12,16H,7-9,15H2,1-3H3. The van der Waals surface area contributed by atoms with E-state index in [-0.39, 0.29) is 19.3 Å². The molecule has 1 atom stereocenters. The van der Waals surface area contributed by atoms with Crippen molar-refractivity contribution in [3.8, 4) is 11.5 Å². The first-order valence-electron chi connectivity index (χ1n) is 6.36. The summed E-state index contributed by atoms with van der Waals surface area (Å²) in [6.45, 7) is 4.66. The summed E-state index contributed by atoms with van der Waals surface area (Å²) in [5.74, 6) is 1.20. The van der Waals surface area contributed by atoms with Gasteiger partial charge in [-0.2, -0.15) is 0 Å². The lowest BCUT2D eigenvalue weighted by molar-refractivity contribution is -0.0125. The first-order valence-corrected chi connectivity index (χ1v) is 6.36. The molecular weight excluding hydrogens is 246 g/mol. The number of hydrogen-bond donors (Lipinski definition) is 2. The van der Waals surface area contributed by atoms with E-state index in [0.29, 0.717) is 18.0 Å². The zero-order valence-electron chi connectivity index (χ0n) is 11.8.